The maximum absolute atomic E-state index is 12.8. The number of alkyl halides is 3. The minimum atomic E-state index is -4.41. The monoisotopic (exact) mass is 419 g/mol. The third-order valence-electron chi connectivity index (χ3n) is 4.99. The molecule has 0 fully saturated rings. The van der Waals surface area contributed by atoms with E-state index in [-0.39, 0.29) is 11.4 Å². The third-order valence-corrected chi connectivity index (χ3v) is 5.36. The van der Waals surface area contributed by atoms with Gasteiger partial charge in [0, 0.05) is 35.8 Å². The highest BCUT2D eigenvalue weighted by Gasteiger charge is 2.30. The smallest absolute Gasteiger partial charge is 0.306 e. The highest BCUT2D eigenvalue weighted by molar-refractivity contribution is 6.31. The van der Waals surface area contributed by atoms with Crippen molar-refractivity contribution in [2.24, 2.45) is 0 Å². The van der Waals surface area contributed by atoms with Crippen LogP contribution in [0.5, 0.6) is 0 Å². The van der Waals surface area contributed by atoms with Gasteiger partial charge in [-0.3, -0.25) is 9.69 Å². The predicted octanol–water partition coefficient (Wildman–Crippen LogP) is 4.67. The second-order valence-corrected chi connectivity index (χ2v) is 7.37. The van der Waals surface area contributed by atoms with Crippen LogP contribution in [-0.4, -0.2) is 21.4 Å². The number of hydrogen-bond donors (Lipinski definition) is 1. The molecular formula is C21H17ClF3N3O. The zero-order chi connectivity index (χ0) is 20.6. The van der Waals surface area contributed by atoms with Crippen LogP contribution in [0.25, 0.3) is 11.4 Å². The van der Waals surface area contributed by atoms with Crippen LogP contribution in [0.1, 0.15) is 22.4 Å². The number of benzene rings is 2. The second-order valence-electron chi connectivity index (χ2n) is 6.97. The highest BCUT2D eigenvalue weighted by atomic mass is 35.5. The van der Waals surface area contributed by atoms with E-state index < -0.39 is 11.7 Å². The maximum atomic E-state index is 12.8. The molecule has 3 aromatic rings. The molecular weight excluding hydrogens is 403 g/mol. The standard InChI is InChI=1S/C21H17ClF3N3O/c22-17-4-2-1-3-14(17)11-28-10-9-16-18(12-28)26-19(27-20(16)29)13-5-7-15(8-6-13)21(23,24)25/h1-8H,9-12H2,(H,26,27,29). The Morgan fingerprint density at radius 2 is 1.83 bits per heavy atom. The van der Waals surface area contributed by atoms with Crippen LogP contribution in [0.4, 0.5) is 13.2 Å². The average Bonchev–Trinajstić information content (AvgIpc) is 2.69. The van der Waals surface area contributed by atoms with Gasteiger partial charge in [0.15, 0.2) is 0 Å². The van der Waals surface area contributed by atoms with Crippen molar-refractivity contribution in [1.29, 1.82) is 0 Å². The van der Waals surface area contributed by atoms with Crippen LogP contribution in [-0.2, 0) is 25.7 Å². The van der Waals surface area contributed by atoms with E-state index in [4.69, 9.17) is 11.6 Å². The summed E-state index contributed by atoms with van der Waals surface area (Å²) in [6, 6.07) is 12.2. The summed E-state index contributed by atoms with van der Waals surface area (Å²) < 4.78 is 38.3. The van der Waals surface area contributed by atoms with E-state index in [2.05, 4.69) is 14.9 Å². The first-order chi connectivity index (χ1) is 13.8. The Morgan fingerprint density at radius 3 is 2.52 bits per heavy atom. The van der Waals surface area contributed by atoms with Crippen molar-refractivity contribution in [2.45, 2.75) is 25.7 Å². The molecule has 0 saturated carbocycles. The molecule has 0 unspecified atom stereocenters. The first-order valence-corrected chi connectivity index (χ1v) is 9.44. The molecule has 29 heavy (non-hydrogen) atoms. The molecule has 1 aliphatic rings. The Morgan fingerprint density at radius 1 is 1.10 bits per heavy atom. The van der Waals surface area contributed by atoms with Crippen molar-refractivity contribution >= 4 is 11.6 Å². The molecule has 0 aliphatic carbocycles. The fourth-order valence-electron chi connectivity index (χ4n) is 3.45. The highest BCUT2D eigenvalue weighted by Crippen LogP contribution is 2.30. The normalized spacial score (nSPS) is 14.6. The van der Waals surface area contributed by atoms with Gasteiger partial charge in [-0.05, 0) is 30.2 Å². The molecule has 0 amide bonds. The van der Waals surface area contributed by atoms with E-state index in [0.717, 1.165) is 17.7 Å². The first kappa shape index (κ1) is 19.7. The molecule has 150 valence electrons. The summed E-state index contributed by atoms with van der Waals surface area (Å²) in [6.07, 6.45) is -3.86. The van der Waals surface area contributed by atoms with Crippen LogP contribution < -0.4 is 5.56 Å². The average molecular weight is 420 g/mol. The third kappa shape index (κ3) is 4.21. The summed E-state index contributed by atoms with van der Waals surface area (Å²) in [4.78, 5) is 21.9. The number of rotatable bonds is 3. The number of aromatic amines is 1. The van der Waals surface area contributed by atoms with Gasteiger partial charge >= 0.3 is 6.18 Å². The fraction of sp³-hybridized carbons (Fsp3) is 0.238. The summed E-state index contributed by atoms with van der Waals surface area (Å²) in [5.74, 6) is 0.266. The summed E-state index contributed by atoms with van der Waals surface area (Å²) in [5, 5.41) is 0.683. The van der Waals surface area contributed by atoms with Crippen LogP contribution in [0.15, 0.2) is 53.3 Å². The maximum Gasteiger partial charge on any atom is 0.416 e. The number of nitrogens with one attached hydrogen (secondary N) is 1. The van der Waals surface area contributed by atoms with Crippen LogP contribution in [0, 0.1) is 0 Å². The quantitative estimate of drug-likeness (QED) is 0.671. The number of halogens is 4. The predicted molar refractivity (Wildman–Crippen MR) is 105 cm³/mol. The zero-order valence-corrected chi connectivity index (χ0v) is 16.0. The largest absolute Gasteiger partial charge is 0.416 e. The van der Waals surface area contributed by atoms with Crippen LogP contribution in [0.3, 0.4) is 0 Å². The molecule has 0 bridgehead atoms. The summed E-state index contributed by atoms with van der Waals surface area (Å²) in [6.45, 7) is 1.80. The molecule has 1 aliphatic heterocycles. The number of fused-ring (bicyclic) bond motifs is 1. The van der Waals surface area contributed by atoms with Gasteiger partial charge in [-0.2, -0.15) is 13.2 Å². The van der Waals surface area contributed by atoms with Crippen LogP contribution in [0.2, 0.25) is 5.02 Å². The molecule has 1 aromatic heterocycles. The number of hydrogen-bond acceptors (Lipinski definition) is 3. The van der Waals surface area contributed by atoms with Gasteiger partial charge in [-0.25, -0.2) is 4.98 Å². The Kier molecular flexibility index (Phi) is 5.19. The first-order valence-electron chi connectivity index (χ1n) is 9.07. The van der Waals surface area contributed by atoms with Gasteiger partial charge in [0.2, 0.25) is 0 Å². The number of H-pyrrole nitrogens is 1. The number of nitrogens with zero attached hydrogens (tertiary/aromatic N) is 2. The van der Waals surface area contributed by atoms with E-state index in [9.17, 15) is 18.0 Å². The molecule has 8 heteroatoms. The minimum absolute atomic E-state index is 0.248. The molecule has 2 aromatic carbocycles. The molecule has 0 atom stereocenters. The molecule has 0 spiro atoms. The molecule has 0 saturated heterocycles. The summed E-state index contributed by atoms with van der Waals surface area (Å²) in [5.41, 5.74) is 1.69. The van der Waals surface area contributed by atoms with Gasteiger partial charge in [-0.1, -0.05) is 41.9 Å². The van der Waals surface area contributed by atoms with Crippen molar-refractivity contribution in [3.63, 3.8) is 0 Å². The lowest BCUT2D eigenvalue weighted by molar-refractivity contribution is -0.137. The lowest BCUT2D eigenvalue weighted by Crippen LogP contribution is -2.35. The molecule has 2 heterocycles. The van der Waals surface area contributed by atoms with Crippen molar-refractivity contribution < 1.29 is 13.2 Å². The Labute approximate surface area is 170 Å². The lowest BCUT2D eigenvalue weighted by Gasteiger charge is -2.28. The van der Waals surface area contributed by atoms with Crippen molar-refractivity contribution in [2.75, 3.05) is 6.54 Å². The van der Waals surface area contributed by atoms with E-state index >= 15 is 0 Å². The summed E-state index contributed by atoms with van der Waals surface area (Å²) >= 11 is 6.24. The van der Waals surface area contributed by atoms with E-state index in [1.54, 1.807) is 0 Å². The van der Waals surface area contributed by atoms with Gasteiger partial charge in [0.25, 0.3) is 5.56 Å². The van der Waals surface area contributed by atoms with Gasteiger partial charge in [0.1, 0.15) is 5.82 Å². The fourth-order valence-corrected chi connectivity index (χ4v) is 3.65. The van der Waals surface area contributed by atoms with Crippen molar-refractivity contribution in [3.8, 4) is 11.4 Å². The van der Waals surface area contributed by atoms with Gasteiger partial charge in [0.05, 0.1) is 11.3 Å². The van der Waals surface area contributed by atoms with Crippen molar-refractivity contribution in [3.05, 3.63) is 86.3 Å². The molecule has 1 N–H and O–H groups in total. The van der Waals surface area contributed by atoms with E-state index in [1.165, 1.54) is 12.1 Å². The van der Waals surface area contributed by atoms with Gasteiger partial charge < -0.3 is 4.98 Å². The Balaban J connectivity index is 1.60. The second kappa shape index (κ2) is 7.65. The SMILES string of the molecule is O=c1[nH]c(-c2ccc(C(F)(F)F)cc2)nc2c1CCN(Cc1ccccc1Cl)C2. The molecule has 4 rings (SSSR count). The zero-order valence-electron chi connectivity index (χ0n) is 15.3. The van der Waals surface area contributed by atoms with E-state index in [1.807, 2.05) is 24.3 Å². The molecule has 4 nitrogen and oxygen atoms in total. The van der Waals surface area contributed by atoms with E-state index in [0.29, 0.717) is 47.9 Å². The van der Waals surface area contributed by atoms with Gasteiger partial charge in [-0.15, -0.1) is 0 Å². The Bertz CT molecular complexity index is 1090. The lowest BCUT2D eigenvalue weighted by atomic mass is 10.0. The van der Waals surface area contributed by atoms with Crippen molar-refractivity contribution in [1.82, 2.24) is 14.9 Å². The van der Waals surface area contributed by atoms with Crippen LogP contribution >= 0.6 is 11.6 Å². The number of aromatic nitrogens is 2. The summed E-state index contributed by atoms with van der Waals surface area (Å²) in [7, 11) is 0. The topological polar surface area (TPSA) is 49.0 Å². The molecule has 0 radical (unpaired) electrons. The minimum Gasteiger partial charge on any atom is -0.306 e. The Hall–Kier alpha value is -2.64.